The van der Waals surface area contributed by atoms with Gasteiger partial charge >= 0.3 is 0 Å². The zero-order valence-electron chi connectivity index (χ0n) is 12.4. The lowest BCUT2D eigenvalue weighted by Gasteiger charge is -2.34. The Kier molecular flexibility index (Phi) is 6.57. The monoisotopic (exact) mass is 270 g/mol. The van der Waals surface area contributed by atoms with Crippen molar-refractivity contribution < 1.29 is 9.84 Å². The second kappa shape index (κ2) is 8.20. The van der Waals surface area contributed by atoms with Gasteiger partial charge in [-0.05, 0) is 58.2 Å². The lowest BCUT2D eigenvalue weighted by Crippen LogP contribution is -2.41. The minimum absolute atomic E-state index is 0.295. The molecule has 19 heavy (non-hydrogen) atoms. The maximum absolute atomic E-state index is 8.95. The molecule has 2 heterocycles. The van der Waals surface area contributed by atoms with Crippen molar-refractivity contribution in [3.63, 3.8) is 0 Å². The average Bonchev–Trinajstić information content (AvgIpc) is 2.42. The molecule has 1 N–H and O–H groups in total. The van der Waals surface area contributed by atoms with Crippen molar-refractivity contribution in [1.82, 2.24) is 9.80 Å². The van der Waals surface area contributed by atoms with Crippen molar-refractivity contribution in [1.29, 1.82) is 0 Å². The first-order chi connectivity index (χ1) is 9.28. The zero-order chi connectivity index (χ0) is 13.5. The molecule has 0 unspecified atom stereocenters. The molecule has 1 atom stereocenters. The fraction of sp³-hybridized carbons (Fsp3) is 1.00. The topological polar surface area (TPSA) is 35.9 Å². The number of hydrogen-bond acceptors (Lipinski definition) is 4. The standard InChI is InChI=1S/C15H30N2O2/c1-16(13-15-4-2-3-11-19-15)12-14-5-7-17(8-6-14)9-10-18/h14-15,18H,2-13H2,1H3/t15-/m0/s1. The van der Waals surface area contributed by atoms with Gasteiger partial charge in [0.15, 0.2) is 0 Å². The van der Waals surface area contributed by atoms with Gasteiger partial charge in [-0.2, -0.15) is 0 Å². The van der Waals surface area contributed by atoms with Crippen LogP contribution in [0.2, 0.25) is 0 Å². The Morgan fingerprint density at radius 1 is 1.16 bits per heavy atom. The molecule has 0 saturated carbocycles. The van der Waals surface area contributed by atoms with E-state index in [0.29, 0.717) is 12.7 Å². The molecule has 0 aromatic heterocycles. The van der Waals surface area contributed by atoms with E-state index in [4.69, 9.17) is 9.84 Å². The van der Waals surface area contributed by atoms with Crippen molar-refractivity contribution >= 4 is 0 Å². The summed E-state index contributed by atoms with van der Waals surface area (Å²) in [6.07, 6.45) is 6.82. The number of nitrogens with zero attached hydrogens (tertiary/aromatic N) is 2. The van der Waals surface area contributed by atoms with Crippen LogP contribution in [0, 0.1) is 5.92 Å². The van der Waals surface area contributed by atoms with Crippen LogP contribution in [0.5, 0.6) is 0 Å². The Morgan fingerprint density at radius 2 is 1.95 bits per heavy atom. The van der Waals surface area contributed by atoms with Crippen LogP contribution < -0.4 is 0 Å². The van der Waals surface area contributed by atoms with Gasteiger partial charge < -0.3 is 19.6 Å². The van der Waals surface area contributed by atoms with Crippen LogP contribution in [0.4, 0.5) is 0 Å². The van der Waals surface area contributed by atoms with Gasteiger partial charge in [0.2, 0.25) is 0 Å². The third-order valence-electron chi connectivity index (χ3n) is 4.48. The normalized spacial score (nSPS) is 27.0. The molecule has 0 amide bonds. The highest BCUT2D eigenvalue weighted by Gasteiger charge is 2.22. The van der Waals surface area contributed by atoms with Gasteiger partial charge in [-0.25, -0.2) is 0 Å². The predicted molar refractivity (Wildman–Crippen MR) is 77.3 cm³/mol. The SMILES string of the molecule is CN(CC1CCN(CCO)CC1)C[C@@H]1CCCCO1. The summed E-state index contributed by atoms with van der Waals surface area (Å²) < 4.78 is 5.81. The first kappa shape index (κ1) is 15.2. The number of likely N-dealkylation sites (tertiary alicyclic amines) is 1. The van der Waals surface area contributed by atoms with Gasteiger partial charge in [-0.1, -0.05) is 0 Å². The Balaban J connectivity index is 1.61. The molecule has 0 spiro atoms. The number of aliphatic hydroxyl groups is 1. The van der Waals surface area contributed by atoms with Crippen molar-refractivity contribution in [2.75, 3.05) is 53.0 Å². The minimum atomic E-state index is 0.295. The number of aliphatic hydroxyl groups excluding tert-OH is 1. The highest BCUT2D eigenvalue weighted by molar-refractivity contribution is 4.76. The van der Waals surface area contributed by atoms with E-state index < -0.39 is 0 Å². The molecular formula is C15H30N2O2. The molecule has 2 aliphatic heterocycles. The Morgan fingerprint density at radius 3 is 2.58 bits per heavy atom. The van der Waals surface area contributed by atoms with Crippen LogP contribution in [0.1, 0.15) is 32.1 Å². The maximum Gasteiger partial charge on any atom is 0.0701 e. The first-order valence-corrected chi connectivity index (χ1v) is 7.91. The quantitative estimate of drug-likeness (QED) is 0.786. The molecule has 112 valence electrons. The van der Waals surface area contributed by atoms with Gasteiger partial charge in [0.05, 0.1) is 12.7 Å². The van der Waals surface area contributed by atoms with Gasteiger partial charge in [0.1, 0.15) is 0 Å². The molecule has 2 aliphatic rings. The van der Waals surface area contributed by atoms with Crippen molar-refractivity contribution in [3.8, 4) is 0 Å². The fourth-order valence-electron chi connectivity index (χ4n) is 3.35. The number of rotatable bonds is 6. The summed E-state index contributed by atoms with van der Waals surface area (Å²) in [6.45, 7) is 6.70. The Labute approximate surface area is 117 Å². The summed E-state index contributed by atoms with van der Waals surface area (Å²) in [5.41, 5.74) is 0. The van der Waals surface area contributed by atoms with Gasteiger partial charge in [-0.3, -0.25) is 0 Å². The number of ether oxygens (including phenoxy) is 1. The van der Waals surface area contributed by atoms with E-state index in [2.05, 4.69) is 16.8 Å². The number of likely N-dealkylation sites (N-methyl/N-ethyl adjacent to an activating group) is 1. The summed E-state index contributed by atoms with van der Waals surface area (Å²) in [4.78, 5) is 4.84. The summed E-state index contributed by atoms with van der Waals surface area (Å²) in [5.74, 6) is 0.823. The molecule has 4 heteroatoms. The third kappa shape index (κ3) is 5.38. The molecule has 0 aliphatic carbocycles. The highest BCUT2D eigenvalue weighted by Crippen LogP contribution is 2.19. The van der Waals surface area contributed by atoms with Crippen LogP contribution in [0.3, 0.4) is 0 Å². The van der Waals surface area contributed by atoms with Crippen LogP contribution in [-0.4, -0.2) is 74.0 Å². The van der Waals surface area contributed by atoms with E-state index in [9.17, 15) is 0 Å². The van der Waals surface area contributed by atoms with Gasteiger partial charge in [-0.15, -0.1) is 0 Å². The molecule has 0 radical (unpaired) electrons. The van der Waals surface area contributed by atoms with E-state index in [1.165, 1.54) is 38.6 Å². The molecule has 4 nitrogen and oxygen atoms in total. The molecule has 0 aromatic rings. The molecular weight excluding hydrogens is 240 g/mol. The van der Waals surface area contributed by atoms with Crippen LogP contribution >= 0.6 is 0 Å². The van der Waals surface area contributed by atoms with Crippen molar-refractivity contribution in [3.05, 3.63) is 0 Å². The van der Waals surface area contributed by atoms with Crippen LogP contribution in [0.25, 0.3) is 0 Å². The van der Waals surface area contributed by atoms with Gasteiger partial charge in [0.25, 0.3) is 0 Å². The molecule has 2 saturated heterocycles. The summed E-state index contributed by atoms with van der Waals surface area (Å²) >= 11 is 0. The second-order valence-electron chi connectivity index (χ2n) is 6.22. The molecule has 2 fully saturated rings. The largest absolute Gasteiger partial charge is 0.395 e. The highest BCUT2D eigenvalue weighted by atomic mass is 16.5. The zero-order valence-corrected chi connectivity index (χ0v) is 12.4. The maximum atomic E-state index is 8.95. The van der Waals surface area contributed by atoms with Gasteiger partial charge in [0, 0.05) is 26.2 Å². The van der Waals surface area contributed by atoms with E-state index in [0.717, 1.165) is 38.7 Å². The molecule has 0 aromatic carbocycles. The predicted octanol–water partition coefficient (Wildman–Crippen LogP) is 1.19. The van der Waals surface area contributed by atoms with Crippen LogP contribution in [-0.2, 0) is 4.74 Å². The Hall–Kier alpha value is -0.160. The molecule has 0 bridgehead atoms. The van der Waals surface area contributed by atoms with E-state index in [-0.39, 0.29) is 0 Å². The first-order valence-electron chi connectivity index (χ1n) is 7.91. The Bertz CT molecular complexity index is 236. The lowest BCUT2D eigenvalue weighted by atomic mass is 9.96. The van der Waals surface area contributed by atoms with E-state index in [1.807, 2.05) is 0 Å². The summed E-state index contributed by atoms with van der Waals surface area (Å²) in [6, 6.07) is 0. The van der Waals surface area contributed by atoms with Crippen molar-refractivity contribution in [2.24, 2.45) is 5.92 Å². The van der Waals surface area contributed by atoms with Crippen molar-refractivity contribution in [2.45, 2.75) is 38.2 Å². The minimum Gasteiger partial charge on any atom is -0.395 e. The summed E-state index contributed by atoms with van der Waals surface area (Å²) in [5, 5.41) is 8.95. The second-order valence-corrected chi connectivity index (χ2v) is 6.22. The van der Waals surface area contributed by atoms with Crippen LogP contribution in [0.15, 0.2) is 0 Å². The smallest absolute Gasteiger partial charge is 0.0701 e. The average molecular weight is 270 g/mol. The lowest BCUT2D eigenvalue weighted by molar-refractivity contribution is -0.00509. The third-order valence-corrected chi connectivity index (χ3v) is 4.48. The number of piperidine rings is 1. The summed E-state index contributed by atoms with van der Waals surface area (Å²) in [7, 11) is 2.23. The number of β-amino-alcohol motifs (C(OH)–C–C–N with tert-alkyl or cyclic N) is 1. The van der Waals surface area contributed by atoms with E-state index in [1.54, 1.807) is 0 Å². The number of hydrogen-bond donors (Lipinski definition) is 1. The van der Waals surface area contributed by atoms with E-state index >= 15 is 0 Å². The fourth-order valence-corrected chi connectivity index (χ4v) is 3.35. The molecule has 2 rings (SSSR count).